The summed E-state index contributed by atoms with van der Waals surface area (Å²) in [5, 5.41) is 0. The lowest BCUT2D eigenvalue weighted by Crippen LogP contribution is -2.05. The van der Waals surface area contributed by atoms with Gasteiger partial charge < -0.3 is 4.74 Å². The molecule has 0 aromatic heterocycles. The molecular weight excluding hydrogens is 240 g/mol. The predicted octanol–water partition coefficient (Wildman–Crippen LogP) is 2.21. The Morgan fingerprint density at radius 2 is 2.06 bits per heavy atom. The van der Waals surface area contributed by atoms with Gasteiger partial charge in [-0.15, -0.1) is 0 Å². The van der Waals surface area contributed by atoms with Crippen molar-refractivity contribution in [3.63, 3.8) is 0 Å². The molecule has 0 fully saturated rings. The second kappa shape index (κ2) is 6.14. The molecule has 1 N–H and O–H groups in total. The van der Waals surface area contributed by atoms with Crippen LogP contribution in [0, 0.1) is 6.92 Å². The molecule has 0 atom stereocenters. The molecule has 0 aliphatic rings. The van der Waals surface area contributed by atoms with Gasteiger partial charge in [0.05, 0.1) is 4.90 Å². The molecule has 1 aromatic rings. The van der Waals surface area contributed by atoms with Crippen molar-refractivity contribution >= 4 is 10.1 Å². The summed E-state index contributed by atoms with van der Waals surface area (Å²) in [7, 11) is -4.13. The zero-order valence-corrected chi connectivity index (χ0v) is 11.0. The van der Waals surface area contributed by atoms with Crippen LogP contribution in [0.4, 0.5) is 0 Å². The van der Waals surface area contributed by atoms with Gasteiger partial charge in [-0.2, -0.15) is 8.42 Å². The summed E-state index contributed by atoms with van der Waals surface area (Å²) in [4.78, 5) is -0.000372. The van der Waals surface area contributed by atoms with E-state index in [9.17, 15) is 8.42 Å². The van der Waals surface area contributed by atoms with Gasteiger partial charge in [-0.05, 0) is 38.3 Å². The standard InChI is InChI=1S/C12H18O4S/c1-3-16-8-4-5-11-9-10(2)6-7-12(11)17(13,14)15/h6-7,9H,3-5,8H2,1-2H3,(H,13,14,15). The number of ether oxygens (including phenoxy) is 1. The zero-order chi connectivity index (χ0) is 12.9. The summed E-state index contributed by atoms with van der Waals surface area (Å²) in [5.41, 5.74) is 1.62. The normalized spacial score (nSPS) is 11.7. The highest BCUT2D eigenvalue weighted by Crippen LogP contribution is 2.18. The predicted molar refractivity (Wildman–Crippen MR) is 65.8 cm³/mol. The molecule has 5 heteroatoms. The number of hydrogen-bond donors (Lipinski definition) is 1. The van der Waals surface area contributed by atoms with Crippen LogP contribution in [0.1, 0.15) is 24.5 Å². The van der Waals surface area contributed by atoms with Crippen LogP contribution in [0.25, 0.3) is 0 Å². The van der Waals surface area contributed by atoms with Crippen molar-refractivity contribution in [3.05, 3.63) is 29.3 Å². The second-order valence-corrected chi connectivity index (χ2v) is 5.28. The van der Waals surface area contributed by atoms with E-state index in [2.05, 4.69) is 0 Å². The quantitative estimate of drug-likeness (QED) is 0.627. The molecule has 1 rings (SSSR count). The molecular formula is C12H18O4S. The van der Waals surface area contributed by atoms with Crippen molar-refractivity contribution in [1.29, 1.82) is 0 Å². The molecule has 96 valence electrons. The Morgan fingerprint density at radius 1 is 1.35 bits per heavy atom. The minimum Gasteiger partial charge on any atom is -0.382 e. The number of hydrogen-bond acceptors (Lipinski definition) is 3. The first-order valence-electron chi connectivity index (χ1n) is 5.60. The van der Waals surface area contributed by atoms with Gasteiger partial charge in [0.15, 0.2) is 0 Å². The fourth-order valence-corrected chi connectivity index (χ4v) is 2.40. The Kier molecular flexibility index (Phi) is 5.11. The first kappa shape index (κ1) is 14.2. The van der Waals surface area contributed by atoms with E-state index in [1.54, 1.807) is 12.1 Å². The maximum Gasteiger partial charge on any atom is 0.294 e. The van der Waals surface area contributed by atoms with Gasteiger partial charge in [-0.25, -0.2) is 0 Å². The van der Waals surface area contributed by atoms with Crippen LogP contribution in [-0.4, -0.2) is 26.2 Å². The minimum absolute atomic E-state index is 0.000372. The molecule has 0 spiro atoms. The van der Waals surface area contributed by atoms with E-state index in [-0.39, 0.29) is 4.90 Å². The molecule has 0 unspecified atom stereocenters. The van der Waals surface area contributed by atoms with Crippen LogP contribution < -0.4 is 0 Å². The third kappa shape index (κ3) is 4.46. The third-order valence-electron chi connectivity index (χ3n) is 2.43. The maximum atomic E-state index is 11.2. The van der Waals surface area contributed by atoms with E-state index in [0.717, 1.165) is 12.0 Å². The Bertz CT molecular complexity index is 465. The van der Waals surface area contributed by atoms with Crippen molar-refractivity contribution in [3.8, 4) is 0 Å². The van der Waals surface area contributed by atoms with Gasteiger partial charge in [-0.3, -0.25) is 4.55 Å². The van der Waals surface area contributed by atoms with Crippen LogP contribution in [0.2, 0.25) is 0 Å². The van der Waals surface area contributed by atoms with Gasteiger partial charge >= 0.3 is 0 Å². The van der Waals surface area contributed by atoms with E-state index in [1.165, 1.54) is 6.07 Å². The first-order chi connectivity index (χ1) is 7.95. The molecule has 0 aliphatic carbocycles. The molecule has 0 heterocycles. The van der Waals surface area contributed by atoms with Crippen molar-refractivity contribution < 1.29 is 17.7 Å². The van der Waals surface area contributed by atoms with Gasteiger partial charge in [0.1, 0.15) is 0 Å². The van der Waals surface area contributed by atoms with Crippen LogP contribution in [0.3, 0.4) is 0 Å². The highest BCUT2D eigenvalue weighted by atomic mass is 32.2. The monoisotopic (exact) mass is 258 g/mol. The Morgan fingerprint density at radius 3 is 2.65 bits per heavy atom. The Labute approximate surface area is 102 Å². The van der Waals surface area contributed by atoms with E-state index >= 15 is 0 Å². The molecule has 0 bridgehead atoms. The topological polar surface area (TPSA) is 63.6 Å². The summed E-state index contributed by atoms with van der Waals surface area (Å²) in [6, 6.07) is 4.91. The SMILES string of the molecule is CCOCCCc1cc(C)ccc1S(=O)(=O)O. The Balaban J connectivity index is 2.85. The summed E-state index contributed by atoms with van der Waals surface area (Å²) in [6.07, 6.45) is 1.32. The van der Waals surface area contributed by atoms with Gasteiger partial charge in [0, 0.05) is 13.2 Å². The van der Waals surface area contributed by atoms with E-state index < -0.39 is 10.1 Å². The number of benzene rings is 1. The van der Waals surface area contributed by atoms with E-state index in [1.807, 2.05) is 13.8 Å². The largest absolute Gasteiger partial charge is 0.382 e. The number of aryl methyl sites for hydroxylation is 2. The molecule has 0 amide bonds. The van der Waals surface area contributed by atoms with Crippen LogP contribution >= 0.6 is 0 Å². The summed E-state index contributed by atoms with van der Waals surface area (Å²) < 4.78 is 36.7. The smallest absolute Gasteiger partial charge is 0.294 e. The molecule has 4 nitrogen and oxygen atoms in total. The number of rotatable bonds is 6. The zero-order valence-electron chi connectivity index (χ0n) is 10.1. The van der Waals surface area contributed by atoms with Crippen LogP contribution in [-0.2, 0) is 21.3 Å². The lowest BCUT2D eigenvalue weighted by atomic mass is 10.1. The van der Waals surface area contributed by atoms with Crippen molar-refractivity contribution in [2.75, 3.05) is 13.2 Å². The fraction of sp³-hybridized carbons (Fsp3) is 0.500. The lowest BCUT2D eigenvalue weighted by Gasteiger charge is -2.08. The van der Waals surface area contributed by atoms with E-state index in [4.69, 9.17) is 9.29 Å². The average molecular weight is 258 g/mol. The van der Waals surface area contributed by atoms with Gasteiger partial charge in [0.25, 0.3) is 10.1 Å². The second-order valence-electron chi connectivity index (χ2n) is 3.89. The molecule has 0 saturated carbocycles. The minimum atomic E-state index is -4.13. The summed E-state index contributed by atoms with van der Waals surface area (Å²) >= 11 is 0. The molecule has 17 heavy (non-hydrogen) atoms. The molecule has 0 saturated heterocycles. The highest BCUT2D eigenvalue weighted by molar-refractivity contribution is 7.85. The molecule has 1 aromatic carbocycles. The van der Waals surface area contributed by atoms with Crippen LogP contribution in [0.15, 0.2) is 23.1 Å². The van der Waals surface area contributed by atoms with Crippen molar-refractivity contribution in [1.82, 2.24) is 0 Å². The highest BCUT2D eigenvalue weighted by Gasteiger charge is 2.14. The molecule has 0 radical (unpaired) electrons. The van der Waals surface area contributed by atoms with Gasteiger partial charge in [0.2, 0.25) is 0 Å². The average Bonchev–Trinajstić information content (AvgIpc) is 2.23. The van der Waals surface area contributed by atoms with Crippen LogP contribution in [0.5, 0.6) is 0 Å². The summed E-state index contributed by atoms with van der Waals surface area (Å²) in [5.74, 6) is 0. The fourth-order valence-electron chi connectivity index (χ4n) is 1.66. The maximum absolute atomic E-state index is 11.2. The lowest BCUT2D eigenvalue weighted by molar-refractivity contribution is 0.145. The third-order valence-corrected chi connectivity index (χ3v) is 3.39. The summed E-state index contributed by atoms with van der Waals surface area (Å²) in [6.45, 7) is 5.05. The first-order valence-corrected chi connectivity index (χ1v) is 7.04. The molecule has 0 aliphatic heterocycles. The van der Waals surface area contributed by atoms with E-state index in [0.29, 0.717) is 25.2 Å². The van der Waals surface area contributed by atoms with Crippen molar-refractivity contribution in [2.24, 2.45) is 0 Å². The van der Waals surface area contributed by atoms with Crippen molar-refractivity contribution in [2.45, 2.75) is 31.6 Å². The van der Waals surface area contributed by atoms with Gasteiger partial charge in [-0.1, -0.05) is 17.7 Å². The Hall–Kier alpha value is -0.910.